The fourth-order valence-corrected chi connectivity index (χ4v) is 2.07. The fourth-order valence-electron chi connectivity index (χ4n) is 1.69. The van der Waals surface area contributed by atoms with Crippen LogP contribution in [-0.2, 0) is 13.5 Å². The van der Waals surface area contributed by atoms with Crippen molar-refractivity contribution in [3.8, 4) is 0 Å². The summed E-state index contributed by atoms with van der Waals surface area (Å²) < 4.78 is 2.47. The van der Waals surface area contributed by atoms with Gasteiger partial charge < -0.3 is 11.1 Å². The lowest BCUT2D eigenvalue weighted by molar-refractivity contribution is 0.0954. The van der Waals surface area contributed by atoms with Gasteiger partial charge in [0.25, 0.3) is 5.91 Å². The summed E-state index contributed by atoms with van der Waals surface area (Å²) >= 11 is 3.31. The second kappa shape index (κ2) is 5.88. The van der Waals surface area contributed by atoms with Crippen LogP contribution in [0.3, 0.4) is 0 Å². The Balaban J connectivity index is 1.89. The van der Waals surface area contributed by atoms with Crippen LogP contribution in [0.4, 0.5) is 5.69 Å². The van der Waals surface area contributed by atoms with E-state index in [1.807, 2.05) is 13.2 Å². The molecule has 19 heavy (non-hydrogen) atoms. The standard InChI is InChI=1S/C13H15BrN4O/c1-18-8-9(7-17-18)4-5-16-13(19)10-2-3-12(15)11(14)6-10/h2-3,6-8H,4-5,15H2,1H3,(H,16,19). The Kier molecular flexibility index (Phi) is 4.21. The van der Waals surface area contributed by atoms with Crippen LogP contribution in [0.5, 0.6) is 0 Å². The number of nitrogens with two attached hydrogens (primary N) is 1. The molecular weight excluding hydrogens is 308 g/mol. The van der Waals surface area contributed by atoms with Gasteiger partial charge in [0, 0.05) is 35.5 Å². The maximum Gasteiger partial charge on any atom is 0.251 e. The van der Waals surface area contributed by atoms with Gasteiger partial charge in [0.1, 0.15) is 0 Å². The van der Waals surface area contributed by atoms with Crippen LogP contribution < -0.4 is 11.1 Å². The van der Waals surface area contributed by atoms with Crippen molar-refractivity contribution in [2.75, 3.05) is 12.3 Å². The summed E-state index contributed by atoms with van der Waals surface area (Å²) in [7, 11) is 1.87. The summed E-state index contributed by atoms with van der Waals surface area (Å²) in [6.45, 7) is 0.576. The van der Waals surface area contributed by atoms with Crippen molar-refractivity contribution in [2.24, 2.45) is 7.05 Å². The molecule has 5 nitrogen and oxygen atoms in total. The van der Waals surface area contributed by atoms with Crippen molar-refractivity contribution in [1.82, 2.24) is 15.1 Å². The minimum Gasteiger partial charge on any atom is -0.398 e. The molecule has 2 aromatic rings. The van der Waals surface area contributed by atoms with Gasteiger partial charge in [-0.15, -0.1) is 0 Å². The molecule has 0 saturated heterocycles. The number of amides is 1. The molecule has 0 saturated carbocycles. The molecule has 0 unspecified atom stereocenters. The smallest absolute Gasteiger partial charge is 0.251 e. The van der Waals surface area contributed by atoms with E-state index in [1.54, 1.807) is 29.1 Å². The first kappa shape index (κ1) is 13.6. The zero-order chi connectivity index (χ0) is 13.8. The Morgan fingerprint density at radius 1 is 1.53 bits per heavy atom. The average molecular weight is 323 g/mol. The number of hydrogen-bond acceptors (Lipinski definition) is 3. The van der Waals surface area contributed by atoms with E-state index in [1.165, 1.54) is 0 Å². The third kappa shape index (κ3) is 3.57. The van der Waals surface area contributed by atoms with Crippen molar-refractivity contribution < 1.29 is 4.79 Å². The number of nitrogen functional groups attached to an aromatic ring is 1. The van der Waals surface area contributed by atoms with Crippen LogP contribution in [0.2, 0.25) is 0 Å². The Morgan fingerprint density at radius 3 is 2.95 bits per heavy atom. The number of anilines is 1. The molecule has 1 heterocycles. The number of nitrogens with zero attached hydrogens (tertiary/aromatic N) is 2. The van der Waals surface area contributed by atoms with E-state index in [0.29, 0.717) is 17.8 Å². The van der Waals surface area contributed by atoms with Crippen molar-refractivity contribution in [2.45, 2.75) is 6.42 Å². The molecule has 0 aliphatic heterocycles. The second-order valence-electron chi connectivity index (χ2n) is 4.26. The van der Waals surface area contributed by atoms with Gasteiger partial charge in [-0.1, -0.05) is 0 Å². The Labute approximate surface area is 119 Å². The number of carbonyl (C=O) groups is 1. The van der Waals surface area contributed by atoms with E-state index in [-0.39, 0.29) is 5.91 Å². The summed E-state index contributed by atoms with van der Waals surface area (Å²) in [4.78, 5) is 11.9. The quantitative estimate of drug-likeness (QED) is 0.842. The van der Waals surface area contributed by atoms with Crippen molar-refractivity contribution >= 4 is 27.5 Å². The first-order chi connectivity index (χ1) is 9.06. The lowest BCUT2D eigenvalue weighted by Crippen LogP contribution is -2.25. The predicted octanol–water partition coefficient (Wildman–Crippen LogP) is 1.74. The van der Waals surface area contributed by atoms with Gasteiger partial charge in [0.05, 0.1) is 6.20 Å². The molecule has 0 aliphatic carbocycles. The first-order valence-corrected chi connectivity index (χ1v) is 6.66. The molecule has 100 valence electrons. The lowest BCUT2D eigenvalue weighted by atomic mass is 10.2. The second-order valence-corrected chi connectivity index (χ2v) is 5.12. The lowest BCUT2D eigenvalue weighted by Gasteiger charge is -2.05. The van der Waals surface area contributed by atoms with E-state index >= 15 is 0 Å². The molecule has 0 spiro atoms. The summed E-state index contributed by atoms with van der Waals surface area (Å²) in [6.07, 6.45) is 4.49. The zero-order valence-electron chi connectivity index (χ0n) is 10.6. The summed E-state index contributed by atoms with van der Waals surface area (Å²) in [6, 6.07) is 5.13. The van der Waals surface area contributed by atoms with E-state index in [4.69, 9.17) is 5.73 Å². The number of halogens is 1. The first-order valence-electron chi connectivity index (χ1n) is 5.87. The molecule has 0 radical (unpaired) electrons. The van der Waals surface area contributed by atoms with Crippen LogP contribution in [0.25, 0.3) is 0 Å². The molecule has 0 atom stereocenters. The number of carbonyl (C=O) groups excluding carboxylic acids is 1. The van der Waals surface area contributed by atoms with Gasteiger partial charge in [-0.2, -0.15) is 5.10 Å². The molecule has 0 fully saturated rings. The molecule has 2 rings (SSSR count). The number of aromatic nitrogens is 2. The molecular formula is C13H15BrN4O. The minimum absolute atomic E-state index is 0.107. The summed E-state index contributed by atoms with van der Waals surface area (Å²) in [5.41, 5.74) is 7.99. The predicted molar refractivity (Wildman–Crippen MR) is 77.8 cm³/mol. The van der Waals surface area contributed by atoms with Crippen LogP contribution >= 0.6 is 15.9 Å². The maximum atomic E-state index is 11.9. The Morgan fingerprint density at radius 2 is 2.32 bits per heavy atom. The normalized spacial score (nSPS) is 10.4. The third-order valence-electron chi connectivity index (χ3n) is 2.72. The van der Waals surface area contributed by atoms with E-state index < -0.39 is 0 Å². The number of nitrogens with one attached hydrogen (secondary N) is 1. The van der Waals surface area contributed by atoms with Crippen molar-refractivity contribution in [1.29, 1.82) is 0 Å². The highest BCUT2D eigenvalue weighted by Gasteiger charge is 2.07. The zero-order valence-corrected chi connectivity index (χ0v) is 12.1. The molecule has 6 heteroatoms. The molecule has 1 aromatic carbocycles. The van der Waals surface area contributed by atoms with E-state index in [0.717, 1.165) is 16.5 Å². The highest BCUT2D eigenvalue weighted by molar-refractivity contribution is 9.10. The molecule has 0 bridgehead atoms. The molecule has 3 N–H and O–H groups in total. The minimum atomic E-state index is -0.107. The third-order valence-corrected chi connectivity index (χ3v) is 3.41. The van der Waals surface area contributed by atoms with Gasteiger partial charge in [-0.3, -0.25) is 9.48 Å². The van der Waals surface area contributed by atoms with Gasteiger partial charge in [-0.25, -0.2) is 0 Å². The monoisotopic (exact) mass is 322 g/mol. The van der Waals surface area contributed by atoms with Gasteiger partial charge in [0.15, 0.2) is 0 Å². The SMILES string of the molecule is Cn1cc(CCNC(=O)c2ccc(N)c(Br)c2)cn1. The number of rotatable bonds is 4. The number of benzene rings is 1. The topological polar surface area (TPSA) is 72.9 Å². The van der Waals surface area contributed by atoms with Gasteiger partial charge in [-0.05, 0) is 46.1 Å². The Hall–Kier alpha value is -1.82. The van der Waals surface area contributed by atoms with Crippen molar-refractivity contribution in [3.63, 3.8) is 0 Å². The fraction of sp³-hybridized carbons (Fsp3) is 0.231. The van der Waals surface area contributed by atoms with Gasteiger partial charge in [0.2, 0.25) is 0 Å². The van der Waals surface area contributed by atoms with E-state index in [2.05, 4.69) is 26.3 Å². The Bertz CT molecular complexity index is 594. The average Bonchev–Trinajstić information content (AvgIpc) is 2.78. The van der Waals surface area contributed by atoms with Crippen LogP contribution in [0.15, 0.2) is 35.1 Å². The highest BCUT2D eigenvalue weighted by Crippen LogP contribution is 2.20. The highest BCUT2D eigenvalue weighted by atomic mass is 79.9. The van der Waals surface area contributed by atoms with Crippen LogP contribution in [0, 0.1) is 0 Å². The summed E-state index contributed by atoms with van der Waals surface area (Å²) in [5, 5.41) is 6.94. The van der Waals surface area contributed by atoms with Crippen LogP contribution in [0.1, 0.15) is 15.9 Å². The molecule has 1 aromatic heterocycles. The largest absolute Gasteiger partial charge is 0.398 e. The van der Waals surface area contributed by atoms with Gasteiger partial charge >= 0.3 is 0 Å². The summed E-state index contributed by atoms with van der Waals surface area (Å²) in [5.74, 6) is -0.107. The molecule has 0 aliphatic rings. The van der Waals surface area contributed by atoms with Crippen molar-refractivity contribution in [3.05, 3.63) is 46.2 Å². The number of aryl methyl sites for hydroxylation is 1. The maximum absolute atomic E-state index is 11.9. The van der Waals surface area contributed by atoms with Crippen LogP contribution in [-0.4, -0.2) is 22.2 Å². The number of hydrogen-bond donors (Lipinski definition) is 2. The van der Waals surface area contributed by atoms with E-state index in [9.17, 15) is 4.79 Å². The molecule has 1 amide bonds.